The maximum absolute atomic E-state index is 6.24. The molecule has 0 atom stereocenters. The summed E-state index contributed by atoms with van der Waals surface area (Å²) in [6, 6.07) is 5.16. The summed E-state index contributed by atoms with van der Waals surface area (Å²) in [5, 5.41) is 4.32. The average molecular weight is 439 g/mol. The second-order valence-corrected chi connectivity index (χ2v) is 7.88. The van der Waals surface area contributed by atoms with E-state index >= 15 is 0 Å². The second-order valence-electron chi connectivity index (χ2n) is 7.04. The van der Waals surface area contributed by atoms with Crippen LogP contribution in [0.4, 0.5) is 11.9 Å². The largest absolute Gasteiger partial charge is 0.368 e. The summed E-state index contributed by atoms with van der Waals surface area (Å²) in [6.07, 6.45) is 7.39. The summed E-state index contributed by atoms with van der Waals surface area (Å²) < 4.78 is 0. The van der Waals surface area contributed by atoms with E-state index in [0.29, 0.717) is 27.4 Å². The number of unbranched alkanes of at least 4 members (excludes halogenated alkanes) is 5. The Morgan fingerprint density at radius 1 is 0.931 bits per heavy atom. The summed E-state index contributed by atoms with van der Waals surface area (Å²) in [6.45, 7) is 8.76. The lowest BCUT2D eigenvalue weighted by atomic mass is 10.1. The van der Waals surface area contributed by atoms with Crippen LogP contribution < -0.4 is 11.1 Å². The lowest BCUT2D eigenvalue weighted by Crippen LogP contribution is -2.23. The monoisotopic (exact) mass is 438 g/mol. The average Bonchev–Trinajstić information content (AvgIpc) is 2.71. The molecule has 1 aromatic carbocycles. The van der Waals surface area contributed by atoms with Crippen molar-refractivity contribution in [1.29, 1.82) is 0 Å². The van der Waals surface area contributed by atoms with Crippen molar-refractivity contribution in [3.05, 3.63) is 28.2 Å². The molecular weight excluding hydrogens is 407 g/mol. The van der Waals surface area contributed by atoms with E-state index in [4.69, 9.17) is 28.9 Å². The van der Waals surface area contributed by atoms with Gasteiger partial charge in [-0.1, -0.05) is 62.7 Å². The molecule has 0 radical (unpaired) electrons. The quantitative estimate of drug-likeness (QED) is 0.400. The fraction of sp³-hybridized carbons (Fsp3) is 0.571. The van der Waals surface area contributed by atoms with Gasteiger partial charge in [-0.15, -0.1) is 0 Å². The third-order valence-electron chi connectivity index (χ3n) is 4.90. The smallest absolute Gasteiger partial charge is 0.228 e. The third kappa shape index (κ3) is 8.33. The van der Waals surface area contributed by atoms with Crippen molar-refractivity contribution in [1.82, 2.24) is 19.9 Å². The number of halogens is 2. The molecule has 0 fully saturated rings. The van der Waals surface area contributed by atoms with Gasteiger partial charge in [0, 0.05) is 17.1 Å². The lowest BCUT2D eigenvalue weighted by Gasteiger charge is -2.17. The molecule has 2 aromatic rings. The minimum absolute atomic E-state index is 0.154. The van der Waals surface area contributed by atoms with Gasteiger partial charge in [-0.05, 0) is 50.7 Å². The molecule has 0 aliphatic rings. The molecule has 6 nitrogen and oxygen atoms in total. The second kappa shape index (κ2) is 12.8. The molecular formula is C21H32Cl2N6. The van der Waals surface area contributed by atoms with Crippen molar-refractivity contribution >= 4 is 35.1 Å². The molecule has 1 aromatic heterocycles. The van der Waals surface area contributed by atoms with Crippen LogP contribution in [-0.2, 0) is 0 Å². The first-order valence-electron chi connectivity index (χ1n) is 10.5. The number of aromatic nitrogens is 3. The first-order chi connectivity index (χ1) is 14.0. The van der Waals surface area contributed by atoms with E-state index in [-0.39, 0.29) is 5.95 Å². The van der Waals surface area contributed by atoms with Crippen LogP contribution in [0.5, 0.6) is 0 Å². The molecule has 0 saturated heterocycles. The van der Waals surface area contributed by atoms with Crippen LogP contribution in [0.25, 0.3) is 11.4 Å². The van der Waals surface area contributed by atoms with E-state index in [1.54, 1.807) is 18.2 Å². The molecule has 0 unspecified atom stereocenters. The first-order valence-corrected chi connectivity index (χ1v) is 11.2. The van der Waals surface area contributed by atoms with Gasteiger partial charge in [0.15, 0.2) is 5.82 Å². The third-order valence-corrected chi connectivity index (χ3v) is 5.47. The highest BCUT2D eigenvalue weighted by Crippen LogP contribution is 2.28. The Morgan fingerprint density at radius 3 is 2.34 bits per heavy atom. The number of nitrogens with one attached hydrogen (secondary N) is 1. The highest BCUT2D eigenvalue weighted by molar-refractivity contribution is 6.35. The minimum Gasteiger partial charge on any atom is -0.368 e. The SMILES string of the molecule is CCN(CC)CCCCCCCCNc1nc(N)nc(-c2cc(Cl)ccc2Cl)n1. The number of hydrogen-bond donors (Lipinski definition) is 2. The minimum atomic E-state index is 0.154. The van der Waals surface area contributed by atoms with Gasteiger partial charge in [-0.3, -0.25) is 0 Å². The lowest BCUT2D eigenvalue weighted by molar-refractivity contribution is 0.295. The van der Waals surface area contributed by atoms with Crippen molar-refractivity contribution in [2.45, 2.75) is 52.4 Å². The Balaban J connectivity index is 1.72. The summed E-state index contributed by atoms with van der Waals surface area (Å²) in [4.78, 5) is 15.3. The predicted octanol–water partition coefficient (Wildman–Crippen LogP) is 5.52. The Morgan fingerprint density at radius 2 is 1.62 bits per heavy atom. The highest BCUT2D eigenvalue weighted by Gasteiger charge is 2.11. The molecule has 0 saturated carbocycles. The molecule has 0 bridgehead atoms. The number of nitrogen functional groups attached to an aromatic ring is 1. The van der Waals surface area contributed by atoms with E-state index in [2.05, 4.69) is 39.0 Å². The molecule has 160 valence electrons. The molecule has 0 spiro atoms. The number of benzene rings is 1. The van der Waals surface area contributed by atoms with Gasteiger partial charge in [-0.25, -0.2) is 0 Å². The molecule has 0 amide bonds. The fourth-order valence-electron chi connectivity index (χ4n) is 3.17. The predicted molar refractivity (Wildman–Crippen MR) is 124 cm³/mol. The first kappa shape index (κ1) is 23.6. The van der Waals surface area contributed by atoms with Crippen LogP contribution >= 0.6 is 23.2 Å². The Kier molecular flexibility index (Phi) is 10.5. The van der Waals surface area contributed by atoms with Crippen LogP contribution in [0.15, 0.2) is 18.2 Å². The van der Waals surface area contributed by atoms with E-state index in [1.807, 2.05) is 0 Å². The van der Waals surface area contributed by atoms with Crippen LogP contribution in [0.3, 0.4) is 0 Å². The van der Waals surface area contributed by atoms with Crippen LogP contribution in [-0.4, -0.2) is 46.0 Å². The van der Waals surface area contributed by atoms with Gasteiger partial charge in [-0.2, -0.15) is 15.0 Å². The molecule has 1 heterocycles. The zero-order valence-electron chi connectivity index (χ0n) is 17.4. The maximum Gasteiger partial charge on any atom is 0.228 e. The van der Waals surface area contributed by atoms with Gasteiger partial charge >= 0.3 is 0 Å². The molecule has 0 aliphatic heterocycles. The molecule has 3 N–H and O–H groups in total. The number of rotatable bonds is 13. The summed E-state index contributed by atoms with van der Waals surface area (Å²) in [5.74, 6) is 1.03. The molecule has 8 heteroatoms. The maximum atomic E-state index is 6.24. The highest BCUT2D eigenvalue weighted by atomic mass is 35.5. The van der Waals surface area contributed by atoms with Gasteiger partial charge in [0.1, 0.15) is 0 Å². The van der Waals surface area contributed by atoms with Crippen molar-refractivity contribution in [3.8, 4) is 11.4 Å². The zero-order chi connectivity index (χ0) is 21.1. The van der Waals surface area contributed by atoms with E-state index in [9.17, 15) is 0 Å². The summed E-state index contributed by atoms with van der Waals surface area (Å²) in [5.41, 5.74) is 6.48. The van der Waals surface area contributed by atoms with Crippen molar-refractivity contribution in [2.24, 2.45) is 0 Å². The number of nitrogens with two attached hydrogens (primary N) is 1. The molecule has 0 aliphatic carbocycles. The fourth-order valence-corrected chi connectivity index (χ4v) is 3.54. The van der Waals surface area contributed by atoms with Crippen molar-refractivity contribution in [2.75, 3.05) is 37.2 Å². The van der Waals surface area contributed by atoms with Gasteiger partial charge in [0.25, 0.3) is 0 Å². The van der Waals surface area contributed by atoms with Crippen LogP contribution in [0.1, 0.15) is 52.4 Å². The van der Waals surface area contributed by atoms with Gasteiger partial charge in [0.05, 0.1) is 5.02 Å². The Hall–Kier alpha value is -1.63. The standard InChI is InChI=1S/C21H32Cl2N6/c1-3-29(4-2)14-10-8-6-5-7-9-13-25-21-27-19(26-20(24)28-21)17-15-16(22)11-12-18(17)23/h11-12,15H,3-10,13-14H2,1-2H3,(H3,24,25,26,27,28). The summed E-state index contributed by atoms with van der Waals surface area (Å²) >= 11 is 12.3. The number of nitrogens with zero attached hydrogens (tertiary/aromatic N) is 4. The normalized spacial score (nSPS) is 11.2. The van der Waals surface area contributed by atoms with Crippen LogP contribution in [0.2, 0.25) is 10.0 Å². The zero-order valence-corrected chi connectivity index (χ0v) is 18.9. The molecule has 29 heavy (non-hydrogen) atoms. The van der Waals surface area contributed by atoms with E-state index in [0.717, 1.165) is 26.1 Å². The Bertz CT molecular complexity index is 752. The van der Waals surface area contributed by atoms with Gasteiger partial charge in [0.2, 0.25) is 11.9 Å². The van der Waals surface area contributed by atoms with Crippen molar-refractivity contribution < 1.29 is 0 Å². The van der Waals surface area contributed by atoms with Crippen LogP contribution in [0, 0.1) is 0 Å². The topological polar surface area (TPSA) is 80.0 Å². The summed E-state index contributed by atoms with van der Waals surface area (Å²) in [7, 11) is 0. The number of hydrogen-bond acceptors (Lipinski definition) is 6. The van der Waals surface area contributed by atoms with Crippen molar-refractivity contribution in [3.63, 3.8) is 0 Å². The van der Waals surface area contributed by atoms with Gasteiger partial charge < -0.3 is 16.0 Å². The number of anilines is 2. The Labute approximate surface area is 184 Å². The van der Waals surface area contributed by atoms with E-state index in [1.165, 1.54) is 38.6 Å². The molecule has 2 rings (SSSR count). The van der Waals surface area contributed by atoms with E-state index < -0.39 is 0 Å².